The van der Waals surface area contributed by atoms with E-state index in [4.69, 9.17) is 4.74 Å². The van der Waals surface area contributed by atoms with Crippen molar-refractivity contribution in [1.29, 1.82) is 0 Å². The van der Waals surface area contributed by atoms with Crippen molar-refractivity contribution in [3.63, 3.8) is 0 Å². The van der Waals surface area contributed by atoms with Gasteiger partial charge >= 0.3 is 5.97 Å². The lowest BCUT2D eigenvalue weighted by molar-refractivity contribution is -0.144. The number of methoxy groups -OCH3 is 1. The van der Waals surface area contributed by atoms with Gasteiger partial charge in [-0.25, -0.2) is 4.39 Å². The van der Waals surface area contributed by atoms with Crippen molar-refractivity contribution in [2.75, 3.05) is 7.11 Å². The monoisotopic (exact) mass is 267 g/mol. The molecule has 1 rings (SSSR count). The molecule has 0 aliphatic heterocycles. The molecule has 0 saturated heterocycles. The first-order valence-corrected chi connectivity index (χ1v) is 6.53. The molecule has 0 amide bonds. The Morgan fingerprint density at radius 2 is 1.95 bits per heavy atom. The summed E-state index contributed by atoms with van der Waals surface area (Å²) in [6.45, 7) is 5.83. The molecular weight excluding hydrogens is 245 g/mol. The predicted molar refractivity (Wildman–Crippen MR) is 73.3 cm³/mol. The summed E-state index contributed by atoms with van der Waals surface area (Å²) in [5, 5.41) is 3.20. The molecule has 2 atom stereocenters. The Kier molecular flexibility index (Phi) is 5.96. The molecule has 0 aliphatic rings. The van der Waals surface area contributed by atoms with Gasteiger partial charge in [-0.05, 0) is 30.9 Å². The summed E-state index contributed by atoms with van der Waals surface area (Å²) in [6.07, 6.45) is 0.535. The van der Waals surface area contributed by atoms with Crippen LogP contribution < -0.4 is 5.32 Å². The highest BCUT2D eigenvalue weighted by Gasteiger charge is 2.24. The van der Waals surface area contributed by atoms with Crippen molar-refractivity contribution < 1.29 is 13.9 Å². The van der Waals surface area contributed by atoms with E-state index < -0.39 is 0 Å². The van der Waals surface area contributed by atoms with Gasteiger partial charge in [0.25, 0.3) is 0 Å². The predicted octanol–water partition coefficient (Wildman–Crippen LogP) is 2.54. The number of ether oxygens (including phenoxy) is 1. The van der Waals surface area contributed by atoms with Gasteiger partial charge in [-0.3, -0.25) is 4.79 Å². The Morgan fingerprint density at radius 1 is 1.32 bits per heavy atom. The van der Waals surface area contributed by atoms with E-state index in [0.29, 0.717) is 12.0 Å². The summed E-state index contributed by atoms with van der Waals surface area (Å²) in [4.78, 5) is 11.6. The van der Waals surface area contributed by atoms with Crippen LogP contribution in [-0.2, 0) is 16.0 Å². The van der Waals surface area contributed by atoms with Crippen LogP contribution in [0.1, 0.15) is 26.3 Å². The van der Waals surface area contributed by atoms with E-state index in [1.165, 1.54) is 13.2 Å². The van der Waals surface area contributed by atoms with E-state index in [9.17, 15) is 9.18 Å². The lowest BCUT2D eigenvalue weighted by atomic mass is 10.0. The maximum Gasteiger partial charge on any atom is 0.323 e. The second-order valence-electron chi connectivity index (χ2n) is 5.11. The minimum atomic E-state index is -0.369. The Balaban J connectivity index is 2.65. The summed E-state index contributed by atoms with van der Waals surface area (Å²) in [5.74, 6) is -0.374. The third kappa shape index (κ3) is 4.63. The van der Waals surface area contributed by atoms with E-state index >= 15 is 0 Å². The van der Waals surface area contributed by atoms with Gasteiger partial charge in [-0.2, -0.15) is 0 Å². The molecule has 1 aromatic carbocycles. The number of esters is 1. The number of halogens is 1. The summed E-state index contributed by atoms with van der Waals surface area (Å²) in [6, 6.07) is 6.31. The normalized spacial score (nSPS) is 14.2. The summed E-state index contributed by atoms with van der Waals surface area (Å²) in [5.41, 5.74) is 0.648. The molecular formula is C15H22FNO2. The van der Waals surface area contributed by atoms with Gasteiger partial charge in [-0.1, -0.05) is 32.0 Å². The number of benzene rings is 1. The first kappa shape index (κ1) is 15.6. The van der Waals surface area contributed by atoms with E-state index in [1.807, 2.05) is 26.8 Å². The van der Waals surface area contributed by atoms with Crippen LogP contribution in [0.3, 0.4) is 0 Å². The lowest BCUT2D eigenvalue weighted by Crippen LogP contribution is -2.46. The molecule has 0 radical (unpaired) electrons. The number of nitrogens with one attached hydrogen (secondary N) is 1. The van der Waals surface area contributed by atoms with E-state index in [2.05, 4.69) is 5.32 Å². The molecule has 0 bridgehead atoms. The van der Waals surface area contributed by atoms with Crippen LogP contribution in [-0.4, -0.2) is 25.2 Å². The lowest BCUT2D eigenvalue weighted by Gasteiger charge is -2.24. The van der Waals surface area contributed by atoms with Crippen molar-refractivity contribution in [3.05, 3.63) is 35.6 Å². The molecule has 1 unspecified atom stereocenters. The average molecular weight is 267 g/mol. The molecule has 19 heavy (non-hydrogen) atoms. The highest BCUT2D eigenvalue weighted by atomic mass is 19.1. The summed E-state index contributed by atoms with van der Waals surface area (Å²) >= 11 is 0. The van der Waals surface area contributed by atoms with Crippen LogP contribution in [0, 0.1) is 11.7 Å². The number of rotatable bonds is 6. The smallest absolute Gasteiger partial charge is 0.323 e. The molecule has 1 aromatic rings. The van der Waals surface area contributed by atoms with Gasteiger partial charge in [0.05, 0.1) is 7.11 Å². The summed E-state index contributed by atoms with van der Waals surface area (Å²) < 4.78 is 18.3. The largest absolute Gasteiger partial charge is 0.468 e. The molecule has 1 N–H and O–H groups in total. The third-order valence-corrected chi connectivity index (χ3v) is 3.07. The van der Waals surface area contributed by atoms with Crippen molar-refractivity contribution in [2.45, 2.75) is 39.3 Å². The fourth-order valence-electron chi connectivity index (χ4n) is 2.02. The van der Waals surface area contributed by atoms with Crippen LogP contribution >= 0.6 is 0 Å². The van der Waals surface area contributed by atoms with Gasteiger partial charge in [0.1, 0.15) is 11.9 Å². The van der Waals surface area contributed by atoms with E-state index in [0.717, 1.165) is 0 Å². The zero-order chi connectivity index (χ0) is 14.4. The number of hydrogen-bond acceptors (Lipinski definition) is 3. The molecule has 4 heteroatoms. The van der Waals surface area contributed by atoms with Crippen LogP contribution in [0.15, 0.2) is 24.3 Å². The second kappa shape index (κ2) is 7.24. The number of carbonyl (C=O) groups excluding carboxylic acids is 1. The second-order valence-corrected chi connectivity index (χ2v) is 5.11. The molecule has 3 nitrogen and oxygen atoms in total. The first-order valence-electron chi connectivity index (χ1n) is 6.53. The molecule has 0 saturated carbocycles. The fourth-order valence-corrected chi connectivity index (χ4v) is 2.02. The SMILES string of the molecule is COC(=O)[C@@H](NC(C)Cc1ccccc1F)C(C)C. The standard InChI is InChI=1S/C15H22FNO2/c1-10(2)14(15(18)19-4)17-11(3)9-12-7-5-6-8-13(12)16/h5-8,10-11,14,17H,9H2,1-4H3/t11?,14-/m0/s1. The van der Waals surface area contributed by atoms with Crippen molar-refractivity contribution in [3.8, 4) is 0 Å². The minimum absolute atomic E-state index is 0.0107. The quantitative estimate of drug-likeness (QED) is 0.805. The zero-order valence-electron chi connectivity index (χ0n) is 11.9. The maximum atomic E-state index is 13.6. The van der Waals surface area contributed by atoms with E-state index in [1.54, 1.807) is 12.1 Å². The molecule has 0 aromatic heterocycles. The van der Waals surface area contributed by atoms with Gasteiger partial charge < -0.3 is 10.1 Å². The third-order valence-electron chi connectivity index (χ3n) is 3.07. The Bertz CT molecular complexity index is 420. The Labute approximate surface area is 114 Å². The number of carbonyl (C=O) groups is 1. The van der Waals surface area contributed by atoms with Gasteiger partial charge in [0.2, 0.25) is 0 Å². The van der Waals surface area contributed by atoms with E-state index in [-0.39, 0.29) is 29.8 Å². The zero-order valence-corrected chi connectivity index (χ0v) is 11.9. The molecule has 106 valence electrons. The van der Waals surface area contributed by atoms with Gasteiger partial charge in [0.15, 0.2) is 0 Å². The van der Waals surface area contributed by atoms with Crippen LogP contribution in [0.5, 0.6) is 0 Å². The maximum absolute atomic E-state index is 13.6. The molecule has 0 aliphatic carbocycles. The van der Waals surface area contributed by atoms with Crippen molar-refractivity contribution >= 4 is 5.97 Å². The number of hydrogen-bond donors (Lipinski definition) is 1. The van der Waals surface area contributed by atoms with Crippen LogP contribution in [0.4, 0.5) is 4.39 Å². The van der Waals surface area contributed by atoms with Gasteiger partial charge in [-0.15, -0.1) is 0 Å². The highest BCUT2D eigenvalue weighted by molar-refractivity contribution is 5.75. The molecule has 0 fully saturated rings. The van der Waals surface area contributed by atoms with Crippen LogP contribution in [0.2, 0.25) is 0 Å². The summed E-state index contributed by atoms with van der Waals surface area (Å²) in [7, 11) is 1.38. The molecule has 0 heterocycles. The minimum Gasteiger partial charge on any atom is -0.468 e. The topological polar surface area (TPSA) is 38.3 Å². The first-order chi connectivity index (χ1) is 8.95. The average Bonchev–Trinajstić information content (AvgIpc) is 2.37. The van der Waals surface area contributed by atoms with Gasteiger partial charge in [0, 0.05) is 6.04 Å². The van der Waals surface area contributed by atoms with Crippen LogP contribution in [0.25, 0.3) is 0 Å². The Hall–Kier alpha value is -1.42. The van der Waals surface area contributed by atoms with Crippen molar-refractivity contribution in [2.24, 2.45) is 5.92 Å². The fraction of sp³-hybridized carbons (Fsp3) is 0.533. The Morgan fingerprint density at radius 3 is 2.47 bits per heavy atom. The van der Waals surface area contributed by atoms with Crippen molar-refractivity contribution in [1.82, 2.24) is 5.32 Å². The highest BCUT2D eigenvalue weighted by Crippen LogP contribution is 2.11. The molecule has 0 spiro atoms.